The standard InChI is InChI=1S/C20H21NO3/c1-3-4-5-18-19(16-12-14(21)8-11-17(16)24-18)20(22)13-6-9-15(23-2)10-7-13/h6-12H,3-5,21H2,1-2H3. The fourth-order valence-corrected chi connectivity index (χ4v) is 2.81. The smallest absolute Gasteiger partial charge is 0.197 e. The van der Waals surface area contributed by atoms with Crippen LogP contribution >= 0.6 is 0 Å². The first kappa shape index (κ1) is 16.1. The van der Waals surface area contributed by atoms with E-state index in [9.17, 15) is 4.79 Å². The van der Waals surface area contributed by atoms with Gasteiger partial charge in [0.1, 0.15) is 17.1 Å². The minimum Gasteiger partial charge on any atom is -0.497 e. The van der Waals surface area contributed by atoms with Crippen molar-refractivity contribution < 1.29 is 13.9 Å². The summed E-state index contributed by atoms with van der Waals surface area (Å²) in [7, 11) is 1.60. The van der Waals surface area contributed by atoms with E-state index < -0.39 is 0 Å². The number of ether oxygens (including phenoxy) is 1. The lowest BCUT2D eigenvalue weighted by atomic mass is 9.98. The van der Waals surface area contributed by atoms with Crippen LogP contribution < -0.4 is 10.5 Å². The lowest BCUT2D eigenvalue weighted by Crippen LogP contribution is -2.04. The van der Waals surface area contributed by atoms with Crippen molar-refractivity contribution in [3.05, 3.63) is 59.4 Å². The van der Waals surface area contributed by atoms with Crippen molar-refractivity contribution in [2.45, 2.75) is 26.2 Å². The van der Waals surface area contributed by atoms with Crippen LogP contribution in [0.4, 0.5) is 5.69 Å². The molecule has 4 heteroatoms. The van der Waals surface area contributed by atoms with E-state index in [2.05, 4.69) is 6.92 Å². The summed E-state index contributed by atoms with van der Waals surface area (Å²) < 4.78 is 11.1. The number of hydrogen-bond acceptors (Lipinski definition) is 4. The Morgan fingerprint density at radius 1 is 1.17 bits per heavy atom. The Hall–Kier alpha value is -2.75. The topological polar surface area (TPSA) is 65.5 Å². The van der Waals surface area contributed by atoms with Crippen molar-refractivity contribution in [2.75, 3.05) is 12.8 Å². The number of unbranched alkanes of at least 4 members (excludes halogenated alkanes) is 1. The molecule has 0 saturated heterocycles. The summed E-state index contributed by atoms with van der Waals surface area (Å²) >= 11 is 0. The van der Waals surface area contributed by atoms with Gasteiger partial charge in [0.2, 0.25) is 0 Å². The molecule has 1 aromatic heterocycles. The van der Waals surface area contributed by atoms with Gasteiger partial charge >= 0.3 is 0 Å². The summed E-state index contributed by atoms with van der Waals surface area (Å²) in [5.41, 5.74) is 8.46. The third-order valence-corrected chi connectivity index (χ3v) is 4.12. The molecule has 0 bridgehead atoms. The van der Waals surface area contributed by atoms with Crippen molar-refractivity contribution in [1.82, 2.24) is 0 Å². The normalized spacial score (nSPS) is 10.9. The van der Waals surface area contributed by atoms with E-state index in [0.29, 0.717) is 22.4 Å². The molecule has 0 radical (unpaired) electrons. The Bertz CT molecular complexity index is 862. The van der Waals surface area contributed by atoms with E-state index in [1.807, 2.05) is 12.1 Å². The van der Waals surface area contributed by atoms with Gasteiger partial charge in [-0.15, -0.1) is 0 Å². The van der Waals surface area contributed by atoms with E-state index in [1.54, 1.807) is 37.4 Å². The number of methoxy groups -OCH3 is 1. The van der Waals surface area contributed by atoms with Gasteiger partial charge in [0.05, 0.1) is 12.7 Å². The molecule has 0 spiro atoms. The molecule has 0 atom stereocenters. The average molecular weight is 323 g/mol. The second-order valence-electron chi connectivity index (χ2n) is 5.82. The molecule has 0 aliphatic heterocycles. The number of fused-ring (bicyclic) bond motifs is 1. The molecule has 4 nitrogen and oxygen atoms in total. The van der Waals surface area contributed by atoms with Crippen molar-refractivity contribution >= 4 is 22.4 Å². The van der Waals surface area contributed by atoms with Gasteiger partial charge < -0.3 is 14.9 Å². The van der Waals surface area contributed by atoms with E-state index in [4.69, 9.17) is 14.9 Å². The maximum Gasteiger partial charge on any atom is 0.197 e. The van der Waals surface area contributed by atoms with E-state index in [1.165, 1.54) is 0 Å². The first-order valence-corrected chi connectivity index (χ1v) is 8.13. The van der Waals surface area contributed by atoms with E-state index >= 15 is 0 Å². The zero-order valence-corrected chi connectivity index (χ0v) is 14.0. The molecule has 3 aromatic rings. The number of carbonyl (C=O) groups excluding carboxylic acids is 1. The fourth-order valence-electron chi connectivity index (χ4n) is 2.81. The van der Waals surface area contributed by atoms with Crippen LogP contribution in [-0.4, -0.2) is 12.9 Å². The summed E-state index contributed by atoms with van der Waals surface area (Å²) in [6.07, 6.45) is 2.75. The Morgan fingerprint density at radius 3 is 2.58 bits per heavy atom. The largest absolute Gasteiger partial charge is 0.497 e. The van der Waals surface area contributed by atoms with E-state index in [-0.39, 0.29) is 5.78 Å². The number of furan rings is 1. The highest BCUT2D eigenvalue weighted by Gasteiger charge is 2.22. The van der Waals surface area contributed by atoms with Gasteiger partial charge in [-0.1, -0.05) is 13.3 Å². The van der Waals surface area contributed by atoms with Crippen LogP contribution in [0.3, 0.4) is 0 Å². The van der Waals surface area contributed by atoms with Crippen LogP contribution in [-0.2, 0) is 6.42 Å². The predicted molar refractivity (Wildman–Crippen MR) is 95.7 cm³/mol. The molecule has 0 fully saturated rings. The molecule has 3 rings (SSSR count). The number of nitrogens with two attached hydrogens (primary N) is 1. The zero-order chi connectivity index (χ0) is 17.1. The van der Waals surface area contributed by atoms with Crippen molar-refractivity contribution in [2.24, 2.45) is 0 Å². The Labute approximate surface area is 141 Å². The third kappa shape index (κ3) is 3.00. The van der Waals surface area contributed by atoms with Gasteiger partial charge in [0.15, 0.2) is 5.78 Å². The molecule has 0 aliphatic carbocycles. The minimum absolute atomic E-state index is 0.0480. The molecule has 0 amide bonds. The summed E-state index contributed by atoms with van der Waals surface area (Å²) in [4.78, 5) is 13.1. The number of benzene rings is 2. The molecule has 1 heterocycles. The molecule has 2 N–H and O–H groups in total. The molecular weight excluding hydrogens is 302 g/mol. The number of nitrogen functional groups attached to an aromatic ring is 1. The lowest BCUT2D eigenvalue weighted by molar-refractivity contribution is 0.103. The average Bonchev–Trinajstić information content (AvgIpc) is 2.96. The van der Waals surface area contributed by atoms with Gasteiger partial charge in [-0.05, 0) is 48.9 Å². The van der Waals surface area contributed by atoms with Gasteiger partial charge in [-0.25, -0.2) is 0 Å². The van der Waals surface area contributed by atoms with Gasteiger partial charge in [0, 0.05) is 23.1 Å². The van der Waals surface area contributed by atoms with Crippen LogP contribution in [0.2, 0.25) is 0 Å². The summed E-state index contributed by atoms with van der Waals surface area (Å²) in [6.45, 7) is 2.12. The highest BCUT2D eigenvalue weighted by molar-refractivity contribution is 6.17. The Kier molecular flexibility index (Phi) is 4.56. The monoisotopic (exact) mass is 323 g/mol. The molecule has 124 valence electrons. The number of aryl methyl sites for hydroxylation is 1. The van der Waals surface area contributed by atoms with Crippen LogP contribution in [0.15, 0.2) is 46.9 Å². The fraction of sp³-hybridized carbons (Fsp3) is 0.250. The maximum absolute atomic E-state index is 13.1. The van der Waals surface area contributed by atoms with Gasteiger partial charge in [0.25, 0.3) is 0 Å². The quantitative estimate of drug-likeness (QED) is 0.532. The molecule has 24 heavy (non-hydrogen) atoms. The first-order chi connectivity index (χ1) is 11.6. The van der Waals surface area contributed by atoms with Crippen molar-refractivity contribution in [3.63, 3.8) is 0 Å². The molecule has 0 unspecified atom stereocenters. The maximum atomic E-state index is 13.1. The number of ketones is 1. The number of hydrogen-bond donors (Lipinski definition) is 1. The predicted octanol–water partition coefficient (Wildman–Crippen LogP) is 4.60. The summed E-state index contributed by atoms with van der Waals surface area (Å²) in [6, 6.07) is 12.5. The number of carbonyl (C=O) groups is 1. The number of anilines is 1. The van der Waals surface area contributed by atoms with Gasteiger partial charge in [-0.2, -0.15) is 0 Å². The van der Waals surface area contributed by atoms with Crippen molar-refractivity contribution in [3.8, 4) is 5.75 Å². The molecule has 0 aliphatic rings. The summed E-state index contributed by atoms with van der Waals surface area (Å²) in [5.74, 6) is 1.41. The van der Waals surface area contributed by atoms with Crippen molar-refractivity contribution in [1.29, 1.82) is 0 Å². The van der Waals surface area contributed by atoms with Crippen LogP contribution in [0.5, 0.6) is 5.75 Å². The first-order valence-electron chi connectivity index (χ1n) is 8.13. The Balaban J connectivity index is 2.10. The molecule has 0 saturated carbocycles. The highest BCUT2D eigenvalue weighted by atomic mass is 16.5. The van der Waals surface area contributed by atoms with Crippen LogP contribution in [0.25, 0.3) is 11.0 Å². The molecule has 2 aromatic carbocycles. The number of rotatable bonds is 6. The molecular formula is C20H21NO3. The third-order valence-electron chi connectivity index (χ3n) is 4.12. The highest BCUT2D eigenvalue weighted by Crippen LogP contribution is 2.31. The van der Waals surface area contributed by atoms with Crippen LogP contribution in [0.1, 0.15) is 41.4 Å². The second kappa shape index (κ2) is 6.79. The van der Waals surface area contributed by atoms with E-state index in [0.717, 1.165) is 36.2 Å². The van der Waals surface area contributed by atoms with Gasteiger partial charge in [-0.3, -0.25) is 4.79 Å². The second-order valence-corrected chi connectivity index (χ2v) is 5.82. The summed E-state index contributed by atoms with van der Waals surface area (Å²) in [5, 5.41) is 0.780. The minimum atomic E-state index is -0.0480. The zero-order valence-electron chi connectivity index (χ0n) is 14.0. The van der Waals surface area contributed by atoms with Crippen LogP contribution in [0, 0.1) is 0 Å². The SMILES string of the molecule is CCCCc1oc2ccc(N)cc2c1C(=O)c1ccc(OC)cc1. The lowest BCUT2D eigenvalue weighted by Gasteiger charge is -2.04. The Morgan fingerprint density at radius 2 is 1.92 bits per heavy atom.